The van der Waals surface area contributed by atoms with Gasteiger partial charge in [0.2, 0.25) is 0 Å². The molecule has 0 unspecified atom stereocenters. The Bertz CT molecular complexity index is 391. The van der Waals surface area contributed by atoms with Gasteiger partial charge in [-0.15, -0.1) is 0 Å². The molecule has 0 fully saturated rings. The minimum absolute atomic E-state index is 0.0255. The summed E-state index contributed by atoms with van der Waals surface area (Å²) >= 11 is 0. The standard InChI is InChI=1S/C12H16N2O2/c15-7-6-14-12(16)11-3-1-2-9-8-13-5-4-10(9)11/h1-3,13,15H,4-8H2,(H,14,16). The summed E-state index contributed by atoms with van der Waals surface area (Å²) in [6, 6.07) is 5.79. The molecule has 4 nitrogen and oxygen atoms in total. The van der Waals surface area contributed by atoms with E-state index in [0.29, 0.717) is 6.54 Å². The van der Waals surface area contributed by atoms with Crippen LogP contribution in [-0.4, -0.2) is 30.7 Å². The minimum atomic E-state index is -0.0900. The first-order valence-corrected chi connectivity index (χ1v) is 5.53. The minimum Gasteiger partial charge on any atom is -0.395 e. The Labute approximate surface area is 94.7 Å². The van der Waals surface area contributed by atoms with E-state index in [2.05, 4.69) is 10.6 Å². The van der Waals surface area contributed by atoms with Gasteiger partial charge in [0.05, 0.1) is 6.61 Å². The van der Waals surface area contributed by atoms with Gasteiger partial charge in [-0.2, -0.15) is 0 Å². The summed E-state index contributed by atoms with van der Waals surface area (Å²) in [5.74, 6) is -0.0900. The van der Waals surface area contributed by atoms with E-state index in [1.165, 1.54) is 5.56 Å². The molecule has 1 amide bonds. The van der Waals surface area contributed by atoms with Crippen LogP contribution < -0.4 is 10.6 Å². The number of benzene rings is 1. The highest BCUT2D eigenvalue weighted by atomic mass is 16.3. The van der Waals surface area contributed by atoms with Crippen LogP contribution in [0.5, 0.6) is 0 Å². The lowest BCUT2D eigenvalue weighted by molar-refractivity contribution is 0.0943. The van der Waals surface area contributed by atoms with Crippen molar-refractivity contribution in [1.82, 2.24) is 10.6 Å². The Balaban J connectivity index is 2.23. The molecule has 0 saturated heterocycles. The van der Waals surface area contributed by atoms with Gasteiger partial charge >= 0.3 is 0 Å². The van der Waals surface area contributed by atoms with Gasteiger partial charge in [0.1, 0.15) is 0 Å². The maximum atomic E-state index is 11.8. The number of fused-ring (bicyclic) bond motifs is 1. The Morgan fingerprint density at radius 3 is 3.19 bits per heavy atom. The first-order chi connectivity index (χ1) is 7.83. The topological polar surface area (TPSA) is 61.4 Å². The van der Waals surface area contributed by atoms with E-state index in [0.717, 1.165) is 30.6 Å². The molecule has 0 spiro atoms. The van der Waals surface area contributed by atoms with Crippen molar-refractivity contribution >= 4 is 5.91 Å². The van der Waals surface area contributed by atoms with Crippen molar-refractivity contribution in [2.45, 2.75) is 13.0 Å². The number of aliphatic hydroxyl groups is 1. The van der Waals surface area contributed by atoms with E-state index < -0.39 is 0 Å². The largest absolute Gasteiger partial charge is 0.395 e. The van der Waals surface area contributed by atoms with Crippen molar-refractivity contribution in [3.05, 3.63) is 34.9 Å². The monoisotopic (exact) mass is 220 g/mol. The van der Waals surface area contributed by atoms with Gasteiger partial charge in [-0.1, -0.05) is 12.1 Å². The first kappa shape index (κ1) is 11.1. The van der Waals surface area contributed by atoms with E-state index in [4.69, 9.17) is 5.11 Å². The van der Waals surface area contributed by atoms with Crippen LogP contribution in [-0.2, 0) is 13.0 Å². The molecular formula is C12H16N2O2. The average molecular weight is 220 g/mol. The summed E-state index contributed by atoms with van der Waals surface area (Å²) in [6.07, 6.45) is 0.887. The molecule has 86 valence electrons. The van der Waals surface area contributed by atoms with E-state index >= 15 is 0 Å². The van der Waals surface area contributed by atoms with E-state index in [9.17, 15) is 4.79 Å². The second kappa shape index (κ2) is 5.09. The Kier molecular flexibility index (Phi) is 3.54. The molecule has 0 atom stereocenters. The number of hydrogen-bond acceptors (Lipinski definition) is 3. The number of rotatable bonds is 3. The molecular weight excluding hydrogens is 204 g/mol. The molecule has 3 N–H and O–H groups in total. The number of amides is 1. The van der Waals surface area contributed by atoms with Gasteiger partial charge in [0.25, 0.3) is 5.91 Å². The highest BCUT2D eigenvalue weighted by molar-refractivity contribution is 5.96. The molecule has 2 rings (SSSR count). The van der Waals surface area contributed by atoms with Crippen molar-refractivity contribution in [3.8, 4) is 0 Å². The Hall–Kier alpha value is -1.39. The van der Waals surface area contributed by atoms with E-state index in [1.807, 2.05) is 18.2 Å². The zero-order valence-electron chi connectivity index (χ0n) is 9.12. The second-order valence-corrected chi connectivity index (χ2v) is 3.85. The average Bonchev–Trinajstić information content (AvgIpc) is 2.35. The van der Waals surface area contributed by atoms with Crippen LogP contribution in [0.3, 0.4) is 0 Å². The fourth-order valence-electron chi connectivity index (χ4n) is 2.01. The maximum absolute atomic E-state index is 11.8. The summed E-state index contributed by atoms with van der Waals surface area (Å²) < 4.78 is 0. The van der Waals surface area contributed by atoms with Crippen LogP contribution in [0, 0.1) is 0 Å². The summed E-state index contributed by atoms with van der Waals surface area (Å²) in [5, 5.41) is 14.6. The quantitative estimate of drug-likeness (QED) is 0.674. The summed E-state index contributed by atoms with van der Waals surface area (Å²) in [7, 11) is 0. The van der Waals surface area contributed by atoms with Gasteiger partial charge < -0.3 is 15.7 Å². The molecule has 0 aromatic heterocycles. The SMILES string of the molecule is O=C(NCCO)c1cccc2c1CCNC2. The third-order valence-electron chi connectivity index (χ3n) is 2.78. The van der Waals surface area contributed by atoms with Crippen LogP contribution >= 0.6 is 0 Å². The molecule has 1 aromatic rings. The van der Waals surface area contributed by atoms with Crippen molar-refractivity contribution in [1.29, 1.82) is 0 Å². The third kappa shape index (κ3) is 2.23. The van der Waals surface area contributed by atoms with Crippen molar-refractivity contribution < 1.29 is 9.90 Å². The zero-order chi connectivity index (χ0) is 11.4. The van der Waals surface area contributed by atoms with Gasteiger partial charge in [0, 0.05) is 18.7 Å². The maximum Gasteiger partial charge on any atom is 0.251 e. The Morgan fingerprint density at radius 1 is 1.50 bits per heavy atom. The van der Waals surface area contributed by atoms with Crippen molar-refractivity contribution in [2.24, 2.45) is 0 Å². The van der Waals surface area contributed by atoms with Crippen LogP contribution in [0.25, 0.3) is 0 Å². The highest BCUT2D eigenvalue weighted by Gasteiger charge is 2.16. The lowest BCUT2D eigenvalue weighted by Crippen LogP contribution is -2.30. The highest BCUT2D eigenvalue weighted by Crippen LogP contribution is 2.18. The van der Waals surface area contributed by atoms with Crippen LogP contribution in [0.15, 0.2) is 18.2 Å². The zero-order valence-corrected chi connectivity index (χ0v) is 9.12. The molecule has 1 heterocycles. The lowest BCUT2D eigenvalue weighted by atomic mass is 9.95. The molecule has 1 aliphatic rings. The first-order valence-electron chi connectivity index (χ1n) is 5.53. The number of aliphatic hydroxyl groups excluding tert-OH is 1. The van der Waals surface area contributed by atoms with Gasteiger partial charge in [-0.25, -0.2) is 0 Å². The molecule has 0 aliphatic carbocycles. The molecule has 4 heteroatoms. The van der Waals surface area contributed by atoms with Crippen molar-refractivity contribution in [3.63, 3.8) is 0 Å². The number of carbonyl (C=O) groups is 1. The molecule has 0 bridgehead atoms. The van der Waals surface area contributed by atoms with E-state index in [-0.39, 0.29) is 12.5 Å². The Morgan fingerprint density at radius 2 is 2.38 bits per heavy atom. The fraction of sp³-hybridized carbons (Fsp3) is 0.417. The van der Waals surface area contributed by atoms with Crippen molar-refractivity contribution in [2.75, 3.05) is 19.7 Å². The normalized spacial score (nSPS) is 14.3. The molecule has 0 saturated carbocycles. The second-order valence-electron chi connectivity index (χ2n) is 3.85. The van der Waals surface area contributed by atoms with E-state index in [1.54, 1.807) is 0 Å². The molecule has 16 heavy (non-hydrogen) atoms. The summed E-state index contributed by atoms with van der Waals surface area (Å²) in [6.45, 7) is 2.02. The predicted octanol–water partition coefficient (Wildman–Crippen LogP) is 0.0544. The number of hydrogen-bond donors (Lipinski definition) is 3. The van der Waals surface area contributed by atoms with Crippen LogP contribution in [0.1, 0.15) is 21.5 Å². The number of carbonyl (C=O) groups excluding carboxylic acids is 1. The number of nitrogens with one attached hydrogen (secondary N) is 2. The predicted molar refractivity (Wildman–Crippen MR) is 61.3 cm³/mol. The molecule has 0 radical (unpaired) electrons. The van der Waals surface area contributed by atoms with Gasteiger partial charge in [-0.05, 0) is 30.2 Å². The third-order valence-corrected chi connectivity index (χ3v) is 2.78. The molecule has 1 aliphatic heterocycles. The van der Waals surface area contributed by atoms with Crippen LogP contribution in [0.4, 0.5) is 0 Å². The molecule has 1 aromatic carbocycles. The fourth-order valence-corrected chi connectivity index (χ4v) is 2.01. The smallest absolute Gasteiger partial charge is 0.251 e. The van der Waals surface area contributed by atoms with Crippen LogP contribution in [0.2, 0.25) is 0 Å². The lowest BCUT2D eigenvalue weighted by Gasteiger charge is -2.19. The van der Waals surface area contributed by atoms with Gasteiger partial charge in [0.15, 0.2) is 0 Å². The summed E-state index contributed by atoms with van der Waals surface area (Å²) in [5.41, 5.74) is 3.08. The summed E-state index contributed by atoms with van der Waals surface area (Å²) in [4.78, 5) is 11.8. The van der Waals surface area contributed by atoms with Gasteiger partial charge in [-0.3, -0.25) is 4.79 Å².